The first-order valence-electron chi connectivity index (χ1n) is 30.7. The SMILES string of the molecule is C=C1c2c(C)c(C)n(C)c2N(C)C(=C)N1C.C=C1c2c(C)nn(C)c2N(C)C(=C)N1C.C=C1c2c(c(C)c(C)n2C)N(C)C(=C)N1C.C=C1c2c(c(C)n(C)c2C)N(C)C(=C)N1C.C=C1c2c(c(C)nn2C)N(C)C(=C)N1C.C=C1c2nc(C)n(C)c2N(C)C(=C)N1C. The first kappa shape index (κ1) is 70.4. The summed E-state index contributed by atoms with van der Waals surface area (Å²) in [6.45, 7) is 67.8. The summed E-state index contributed by atoms with van der Waals surface area (Å²) < 4.78 is 12.4. The van der Waals surface area contributed by atoms with Crippen molar-refractivity contribution >= 4 is 68.7 Å². The fourth-order valence-corrected chi connectivity index (χ4v) is 13.0. The van der Waals surface area contributed by atoms with Crippen molar-refractivity contribution in [1.29, 1.82) is 0 Å². The van der Waals surface area contributed by atoms with Gasteiger partial charge in [0, 0.05) is 178 Å². The van der Waals surface area contributed by atoms with E-state index in [1.807, 2.05) is 166 Å². The Hall–Kier alpha value is -10.1. The van der Waals surface area contributed by atoms with E-state index in [1.54, 1.807) is 0 Å². The Morgan fingerprint density at radius 2 is 0.634 bits per heavy atom. The summed E-state index contributed by atoms with van der Waals surface area (Å²) in [7, 11) is 36.2. The van der Waals surface area contributed by atoms with Crippen LogP contribution in [0.2, 0.25) is 0 Å². The minimum Gasteiger partial charge on any atom is -0.350 e. The summed E-state index contributed by atoms with van der Waals surface area (Å²) >= 11 is 0. The first-order valence-corrected chi connectivity index (χ1v) is 30.7. The van der Waals surface area contributed by atoms with E-state index in [-0.39, 0.29) is 0 Å². The van der Waals surface area contributed by atoms with E-state index in [0.717, 1.165) is 121 Å². The van der Waals surface area contributed by atoms with E-state index in [4.69, 9.17) is 0 Å². The monoisotopic (exact) mass is 1260 g/mol. The second kappa shape index (κ2) is 25.2. The molecule has 6 aliphatic rings. The van der Waals surface area contributed by atoms with Crippen LogP contribution in [-0.2, 0) is 42.3 Å². The molecule has 12 rings (SSSR count). The third kappa shape index (κ3) is 11.0. The molecule has 6 aromatic rings. The number of aromatic nitrogens is 9. The molecule has 6 aromatic heterocycles. The van der Waals surface area contributed by atoms with Gasteiger partial charge in [0.1, 0.15) is 69.6 Å². The van der Waals surface area contributed by atoms with Gasteiger partial charge in [0.15, 0.2) is 0 Å². The molecule has 93 heavy (non-hydrogen) atoms. The Labute approximate surface area is 555 Å². The van der Waals surface area contributed by atoms with Gasteiger partial charge < -0.3 is 77.1 Å². The molecule has 0 saturated heterocycles. The largest absolute Gasteiger partial charge is 0.350 e. The second-order valence-corrected chi connectivity index (χ2v) is 25.0. The van der Waals surface area contributed by atoms with Crippen LogP contribution in [0.3, 0.4) is 0 Å². The maximum Gasteiger partial charge on any atom is 0.143 e. The van der Waals surface area contributed by atoms with Gasteiger partial charge in [-0.3, -0.25) is 9.36 Å². The highest BCUT2D eigenvalue weighted by Gasteiger charge is 2.35. The van der Waals surface area contributed by atoms with E-state index in [1.165, 1.54) is 67.9 Å². The number of anilines is 6. The molecule has 0 unspecified atom stereocenters. The maximum absolute atomic E-state index is 4.51. The van der Waals surface area contributed by atoms with E-state index >= 15 is 0 Å². The molecule has 0 bridgehead atoms. The topological polar surface area (TPSA) is 107 Å². The van der Waals surface area contributed by atoms with Gasteiger partial charge in [0.25, 0.3) is 0 Å². The number of hydrogen-bond donors (Lipinski definition) is 0. The van der Waals surface area contributed by atoms with E-state index in [9.17, 15) is 0 Å². The summed E-state index contributed by atoms with van der Waals surface area (Å²) in [5.74, 6) is 9.91. The normalized spacial score (nSPS) is 15.9. The number of aryl methyl sites for hydroxylation is 5. The highest BCUT2D eigenvalue weighted by atomic mass is 15.4. The Bertz CT molecular complexity index is 3910. The van der Waals surface area contributed by atoms with E-state index in [2.05, 4.69) is 204 Å². The average molecular weight is 1260 g/mol. The molecule has 498 valence electrons. The van der Waals surface area contributed by atoms with Gasteiger partial charge in [-0.05, 0) is 73.4 Å². The van der Waals surface area contributed by atoms with Crippen molar-refractivity contribution in [3.8, 4) is 0 Å². The van der Waals surface area contributed by atoms with Gasteiger partial charge in [0.05, 0.1) is 56.8 Å². The molecule has 0 atom stereocenters. The van der Waals surface area contributed by atoms with Crippen LogP contribution in [0, 0.1) is 62.3 Å². The third-order valence-corrected chi connectivity index (χ3v) is 20.3. The Morgan fingerprint density at radius 1 is 0.258 bits per heavy atom. The highest BCUT2D eigenvalue weighted by molar-refractivity contribution is 5.86. The van der Waals surface area contributed by atoms with Crippen LogP contribution in [-0.4, -0.2) is 157 Å². The molecule has 0 N–H and O–H groups in total. The fourth-order valence-electron chi connectivity index (χ4n) is 13.0. The van der Waals surface area contributed by atoms with Gasteiger partial charge in [-0.2, -0.15) is 10.2 Å². The van der Waals surface area contributed by atoms with Crippen LogP contribution in [0.1, 0.15) is 84.9 Å². The summed E-state index contributed by atoms with van der Waals surface area (Å²) in [6, 6.07) is 0. The minimum absolute atomic E-state index is 0.900. The second-order valence-electron chi connectivity index (χ2n) is 25.0. The van der Waals surface area contributed by atoms with Crippen molar-refractivity contribution in [2.45, 2.75) is 62.3 Å². The number of fused-ring (bicyclic) bond motifs is 6. The van der Waals surface area contributed by atoms with Gasteiger partial charge >= 0.3 is 0 Å². The Morgan fingerprint density at radius 3 is 1.14 bits per heavy atom. The zero-order valence-electron chi connectivity index (χ0n) is 61.4. The molecular formula is C72H105N21. The fraction of sp³-hybridized carbons (Fsp3) is 0.375. The molecule has 0 aliphatic carbocycles. The molecular weight excluding hydrogens is 1160 g/mol. The predicted molar refractivity (Wildman–Crippen MR) is 395 cm³/mol. The summed E-state index contributed by atoms with van der Waals surface area (Å²) in [6.07, 6.45) is 0. The molecule has 0 fully saturated rings. The lowest BCUT2D eigenvalue weighted by atomic mass is 10.1. The predicted octanol–water partition coefficient (Wildman–Crippen LogP) is 12.1. The van der Waals surface area contributed by atoms with Crippen LogP contribution in [0.4, 0.5) is 34.5 Å². The van der Waals surface area contributed by atoms with Crippen molar-refractivity contribution in [1.82, 2.24) is 72.2 Å². The van der Waals surface area contributed by atoms with Crippen molar-refractivity contribution < 1.29 is 0 Å². The van der Waals surface area contributed by atoms with E-state index in [0.29, 0.717) is 0 Å². The zero-order valence-corrected chi connectivity index (χ0v) is 61.4. The molecule has 12 heterocycles. The van der Waals surface area contributed by atoms with Crippen molar-refractivity contribution in [3.63, 3.8) is 0 Å². The lowest BCUT2D eigenvalue weighted by Crippen LogP contribution is -2.34. The Kier molecular flexibility index (Phi) is 19.1. The van der Waals surface area contributed by atoms with Gasteiger partial charge in [-0.15, -0.1) is 0 Å². The molecule has 0 radical (unpaired) electrons. The number of nitrogens with zero attached hydrogens (tertiary/aromatic N) is 21. The summed E-state index contributed by atoms with van der Waals surface area (Å²) in [5.41, 5.74) is 25.9. The summed E-state index contributed by atoms with van der Waals surface area (Å²) in [4.78, 5) is 29.0. The van der Waals surface area contributed by atoms with Crippen molar-refractivity contribution in [3.05, 3.63) is 199 Å². The quantitative estimate of drug-likeness (QED) is 0.144. The molecule has 21 nitrogen and oxygen atoms in total. The lowest BCUT2D eigenvalue weighted by Gasteiger charge is -2.37. The van der Waals surface area contributed by atoms with E-state index < -0.39 is 0 Å². The third-order valence-electron chi connectivity index (χ3n) is 20.3. The van der Waals surface area contributed by atoms with Crippen LogP contribution in [0.15, 0.2) is 114 Å². The minimum atomic E-state index is 0.900. The highest BCUT2D eigenvalue weighted by Crippen LogP contribution is 2.46. The van der Waals surface area contributed by atoms with Crippen molar-refractivity contribution in [2.75, 3.05) is 114 Å². The lowest BCUT2D eigenvalue weighted by molar-refractivity contribution is 0.555. The van der Waals surface area contributed by atoms with Crippen LogP contribution < -0.4 is 29.4 Å². The van der Waals surface area contributed by atoms with Gasteiger partial charge in [0.2, 0.25) is 0 Å². The molecule has 0 spiro atoms. The smallest absolute Gasteiger partial charge is 0.143 e. The van der Waals surface area contributed by atoms with Crippen LogP contribution in [0.5, 0.6) is 0 Å². The molecule has 0 saturated carbocycles. The van der Waals surface area contributed by atoms with Gasteiger partial charge in [-0.25, -0.2) is 4.98 Å². The summed E-state index contributed by atoms with van der Waals surface area (Å²) in [5, 5.41) is 8.82. The molecule has 0 amide bonds. The van der Waals surface area contributed by atoms with Crippen LogP contribution in [0.25, 0.3) is 34.2 Å². The number of hydrogen-bond acceptors (Lipinski definition) is 15. The molecule has 6 aliphatic heterocycles. The first-order chi connectivity index (χ1) is 43.0. The Balaban J connectivity index is 0.000000158. The van der Waals surface area contributed by atoms with Crippen LogP contribution >= 0.6 is 0 Å². The molecule has 21 heteroatoms. The van der Waals surface area contributed by atoms with Crippen molar-refractivity contribution in [2.24, 2.45) is 42.3 Å². The number of imidazole rings is 1. The van der Waals surface area contributed by atoms with Gasteiger partial charge in [-0.1, -0.05) is 78.9 Å². The average Bonchev–Trinajstić information content (AvgIpc) is 1.67. The standard InChI is InChI=1S/3C13H19N3.3C11H16N4/c1-8-12-9(2)15(6)11(4)16(7)13(12)10(3)14(8)5;1-8-9(2)15(6)13-10(3)14(5)11(4)16(7)12(8)13;1-8-9(2)15(6)13-12(8)10(3)14(5)11(4)16(13)7;1-7-10-11(14(5)8(2)12-10)15(6)9(3)13(7)4;1-7-10-11(15(6)12-7)8(2)13(4)9(3)14(10)5;1-7-10-8(2)13(4)9(3)14(5)11(10)15(6)12-7/h2,4H2,1,3,5-7H3;2*3-4H2,1-2,5-7H3;1,3H2,2,4-6H3;2*2-3H2,1,4-6H3. The number of rotatable bonds is 0. The maximum atomic E-state index is 4.51. The zero-order chi connectivity index (χ0) is 70.6. The molecule has 0 aromatic carbocycles.